The Morgan fingerprint density at radius 3 is 2.57 bits per heavy atom. The number of fused-ring (bicyclic) bond motifs is 1. The summed E-state index contributed by atoms with van der Waals surface area (Å²) in [7, 11) is 0. The van der Waals surface area contributed by atoms with Gasteiger partial charge in [0.25, 0.3) is 5.91 Å². The molecule has 0 bridgehead atoms. The summed E-state index contributed by atoms with van der Waals surface area (Å²) < 4.78 is 11.5. The number of thiophene rings is 1. The highest BCUT2D eigenvalue weighted by Crippen LogP contribution is 2.32. The van der Waals surface area contributed by atoms with Gasteiger partial charge in [-0.05, 0) is 71.6 Å². The summed E-state index contributed by atoms with van der Waals surface area (Å²) in [6.07, 6.45) is 2.42. The number of ether oxygens (including phenoxy) is 2. The zero-order valence-corrected chi connectivity index (χ0v) is 20.6. The van der Waals surface area contributed by atoms with Gasteiger partial charge in [-0.2, -0.15) is 15.1 Å². The number of nitrogens with zero attached hydrogens (tertiary/aromatic N) is 3. The molecular weight excluding hydrogens is 480 g/mol. The van der Waals surface area contributed by atoms with Crippen LogP contribution in [0.3, 0.4) is 0 Å². The predicted molar refractivity (Wildman–Crippen MR) is 142 cm³/mol. The number of aliphatic imine (C=N–C) groups is 1. The molecule has 0 aliphatic carbocycles. The first-order valence-electron chi connectivity index (χ1n) is 11.0. The van der Waals surface area contributed by atoms with E-state index in [1.165, 1.54) is 22.3 Å². The molecule has 0 saturated carbocycles. The van der Waals surface area contributed by atoms with Gasteiger partial charge in [0, 0.05) is 6.42 Å². The summed E-state index contributed by atoms with van der Waals surface area (Å²) >= 11 is 2.86. The van der Waals surface area contributed by atoms with Gasteiger partial charge in [0.1, 0.15) is 16.5 Å². The number of hydrazone groups is 1. The lowest BCUT2D eigenvalue weighted by molar-refractivity contribution is -0.114. The Labute approximate surface area is 211 Å². The van der Waals surface area contributed by atoms with Crippen LogP contribution in [0.4, 0.5) is 0 Å². The van der Waals surface area contributed by atoms with Crippen molar-refractivity contribution in [2.45, 2.75) is 13.3 Å². The van der Waals surface area contributed by atoms with Crippen molar-refractivity contribution in [2.75, 3.05) is 13.2 Å². The molecule has 3 aromatic rings. The summed E-state index contributed by atoms with van der Waals surface area (Å²) in [6, 6.07) is 19.3. The molecule has 1 amide bonds. The lowest BCUT2D eigenvalue weighted by atomic mass is 10.1. The molecule has 2 aliphatic heterocycles. The molecule has 0 unspecified atom stereocenters. The predicted octanol–water partition coefficient (Wildman–Crippen LogP) is 5.57. The number of benzene rings is 2. The van der Waals surface area contributed by atoms with Crippen LogP contribution >= 0.6 is 23.1 Å². The number of thioether (sulfide) groups is 1. The van der Waals surface area contributed by atoms with Crippen molar-refractivity contribution in [3.05, 3.63) is 87.6 Å². The van der Waals surface area contributed by atoms with Gasteiger partial charge in [0.2, 0.25) is 5.17 Å². The minimum absolute atomic E-state index is 0.0213. The first kappa shape index (κ1) is 23.1. The quantitative estimate of drug-likeness (QED) is 0.321. The van der Waals surface area contributed by atoms with Crippen molar-refractivity contribution >= 4 is 51.1 Å². The average Bonchev–Trinajstić information content (AvgIpc) is 3.53. The molecule has 9 heteroatoms. The minimum atomic E-state index is -0.440. The summed E-state index contributed by atoms with van der Waals surface area (Å²) in [5.74, 6) is 1.18. The maximum atomic E-state index is 12.6. The molecule has 5 rings (SSSR count). The van der Waals surface area contributed by atoms with Crippen molar-refractivity contribution in [1.82, 2.24) is 5.01 Å². The molecule has 2 aliphatic rings. The Balaban J connectivity index is 1.17. The first-order chi connectivity index (χ1) is 17.1. The molecule has 0 fully saturated rings. The second-order valence-corrected chi connectivity index (χ2v) is 9.74. The molecule has 0 saturated heterocycles. The highest BCUT2D eigenvalue weighted by molar-refractivity contribution is 8.27. The minimum Gasteiger partial charge on any atom is -0.493 e. The number of nitrogens with one attached hydrogen (secondary N) is 1. The molecule has 0 radical (unpaired) electrons. The van der Waals surface area contributed by atoms with Gasteiger partial charge >= 0.3 is 0 Å². The van der Waals surface area contributed by atoms with Crippen LogP contribution in [-0.2, 0) is 4.79 Å². The number of rotatable bonds is 8. The van der Waals surface area contributed by atoms with Crippen LogP contribution in [-0.4, -0.2) is 40.2 Å². The molecule has 35 heavy (non-hydrogen) atoms. The maximum Gasteiger partial charge on any atom is 0.283 e. The van der Waals surface area contributed by atoms with Crippen LogP contribution in [0.5, 0.6) is 11.5 Å². The lowest BCUT2D eigenvalue weighted by Crippen LogP contribution is -2.35. The van der Waals surface area contributed by atoms with Crippen molar-refractivity contribution in [1.29, 1.82) is 5.41 Å². The summed E-state index contributed by atoms with van der Waals surface area (Å²) in [4.78, 5) is 17.7. The van der Waals surface area contributed by atoms with E-state index in [0.717, 1.165) is 33.4 Å². The number of hydrogen-bond acceptors (Lipinski definition) is 7. The number of hydrogen-bond donors (Lipinski definition) is 1. The molecule has 0 spiro atoms. The van der Waals surface area contributed by atoms with E-state index in [2.05, 4.69) is 10.1 Å². The lowest BCUT2D eigenvalue weighted by Gasteiger charge is -2.20. The Bertz CT molecular complexity index is 1350. The van der Waals surface area contributed by atoms with E-state index in [0.29, 0.717) is 18.4 Å². The molecule has 1 N–H and O–H groups in total. The smallest absolute Gasteiger partial charge is 0.283 e. The van der Waals surface area contributed by atoms with E-state index in [-0.39, 0.29) is 11.4 Å². The normalized spacial score (nSPS) is 16.3. The van der Waals surface area contributed by atoms with E-state index in [4.69, 9.17) is 14.9 Å². The summed E-state index contributed by atoms with van der Waals surface area (Å²) in [5, 5.41) is 17.5. The number of carbonyl (C=O) groups excluding carboxylic acids is 1. The van der Waals surface area contributed by atoms with Crippen LogP contribution in [0.2, 0.25) is 0 Å². The zero-order valence-electron chi connectivity index (χ0n) is 18.9. The fraction of sp³-hybridized carbons (Fsp3) is 0.154. The first-order valence-corrected chi connectivity index (χ1v) is 12.7. The Hall–Kier alpha value is -3.69. The van der Waals surface area contributed by atoms with Gasteiger partial charge < -0.3 is 9.47 Å². The largest absolute Gasteiger partial charge is 0.493 e. The van der Waals surface area contributed by atoms with Gasteiger partial charge in [-0.1, -0.05) is 30.3 Å². The Morgan fingerprint density at radius 1 is 1.03 bits per heavy atom. The third kappa shape index (κ3) is 5.36. The second kappa shape index (κ2) is 10.3. The summed E-state index contributed by atoms with van der Waals surface area (Å²) in [5.41, 5.74) is 2.15. The van der Waals surface area contributed by atoms with Crippen molar-refractivity contribution < 1.29 is 14.3 Å². The van der Waals surface area contributed by atoms with Gasteiger partial charge in [-0.3, -0.25) is 10.2 Å². The average molecular weight is 503 g/mol. The van der Waals surface area contributed by atoms with E-state index in [9.17, 15) is 4.79 Å². The van der Waals surface area contributed by atoms with Gasteiger partial charge in [0.05, 0.1) is 23.7 Å². The summed E-state index contributed by atoms with van der Waals surface area (Å²) in [6.45, 7) is 3.14. The van der Waals surface area contributed by atoms with E-state index in [1.54, 1.807) is 17.4 Å². The van der Waals surface area contributed by atoms with Crippen LogP contribution in [0.15, 0.2) is 81.7 Å². The molecule has 176 valence electrons. The number of amides is 1. The Morgan fingerprint density at radius 2 is 1.83 bits per heavy atom. The van der Waals surface area contributed by atoms with E-state index in [1.807, 2.05) is 73.0 Å². The molecule has 7 nitrogen and oxygen atoms in total. The molecule has 1 aromatic heterocycles. The monoisotopic (exact) mass is 502 g/mol. The SMILES string of the molecule is Cc1cccc(OCCCOc2ccc(/C=C3/C(=N)N4N=C(c5cccs5)SC4=NC3=O)cc2)c1. The van der Waals surface area contributed by atoms with Crippen molar-refractivity contribution in [3.8, 4) is 11.5 Å². The topological polar surface area (TPSA) is 87.3 Å². The number of amidine groups is 2. The molecular formula is C26H22N4O3S2. The van der Waals surface area contributed by atoms with Gasteiger partial charge in [-0.15, -0.1) is 11.3 Å². The molecule has 0 atom stereocenters. The highest BCUT2D eigenvalue weighted by atomic mass is 32.2. The molecule has 3 heterocycles. The van der Waals surface area contributed by atoms with Crippen LogP contribution in [0, 0.1) is 12.3 Å². The fourth-order valence-corrected chi connectivity index (χ4v) is 5.15. The third-order valence-electron chi connectivity index (χ3n) is 5.19. The third-order valence-corrected chi connectivity index (χ3v) is 7.14. The van der Waals surface area contributed by atoms with Gasteiger partial charge in [0.15, 0.2) is 5.84 Å². The van der Waals surface area contributed by atoms with E-state index >= 15 is 0 Å². The van der Waals surface area contributed by atoms with Gasteiger partial charge in [-0.25, -0.2) is 0 Å². The standard InChI is InChI=1S/C26H22N4O3S2/c1-17-5-2-6-20(15-17)33-13-4-12-32-19-10-8-18(9-11-19)16-21-23(27)30-26(28-24(21)31)35-25(29-30)22-7-3-14-34-22/h2-3,5-11,14-16,27H,4,12-13H2,1H3/b21-16-,27-23?. The van der Waals surface area contributed by atoms with Crippen LogP contribution in [0.25, 0.3) is 6.08 Å². The van der Waals surface area contributed by atoms with Crippen LogP contribution in [0.1, 0.15) is 22.4 Å². The van der Waals surface area contributed by atoms with Crippen molar-refractivity contribution in [3.63, 3.8) is 0 Å². The Kier molecular flexibility index (Phi) is 6.78. The van der Waals surface area contributed by atoms with Crippen molar-refractivity contribution in [2.24, 2.45) is 10.1 Å². The number of carbonyl (C=O) groups is 1. The zero-order chi connectivity index (χ0) is 24.2. The molecule has 2 aromatic carbocycles. The second-order valence-electron chi connectivity index (χ2n) is 7.84. The van der Waals surface area contributed by atoms with Crippen LogP contribution < -0.4 is 9.47 Å². The number of aryl methyl sites for hydroxylation is 1. The highest BCUT2D eigenvalue weighted by Gasteiger charge is 2.36. The fourth-order valence-electron chi connectivity index (χ4n) is 3.46. The van der Waals surface area contributed by atoms with E-state index < -0.39 is 5.91 Å². The maximum absolute atomic E-state index is 12.6.